The van der Waals surface area contributed by atoms with Crippen molar-refractivity contribution < 1.29 is 23.8 Å². The number of anilines is 1. The van der Waals surface area contributed by atoms with E-state index in [1.54, 1.807) is 41.7 Å². The number of thiophene rings is 1. The van der Waals surface area contributed by atoms with Crippen LogP contribution in [-0.4, -0.2) is 24.5 Å². The van der Waals surface area contributed by atoms with Gasteiger partial charge in [0.1, 0.15) is 17.6 Å². The summed E-state index contributed by atoms with van der Waals surface area (Å²) in [7, 11) is 0. The van der Waals surface area contributed by atoms with Crippen LogP contribution in [0, 0.1) is 0 Å². The number of carbonyl (C=O) groups excluding carboxylic acids is 1. The third-order valence-corrected chi connectivity index (χ3v) is 4.69. The maximum atomic E-state index is 12.0. The summed E-state index contributed by atoms with van der Waals surface area (Å²) in [6.07, 6.45) is -0.939. The standard InChI is InChI=1S/C18H16N2O5S/c21-12(13-5-6-15(25-13)17-2-1-7-26-17)9-19-18(22)20-11-3-4-14-16(8-11)24-10-23-14/h1-8,12,21H,9-10H2,(H2,19,20,22). The van der Waals surface area contributed by atoms with Gasteiger partial charge in [-0.25, -0.2) is 4.79 Å². The Bertz CT molecular complexity index is 906. The highest BCUT2D eigenvalue weighted by Gasteiger charge is 2.16. The van der Waals surface area contributed by atoms with Gasteiger partial charge < -0.3 is 29.6 Å². The summed E-state index contributed by atoms with van der Waals surface area (Å²) in [5.41, 5.74) is 0.569. The Morgan fingerprint density at radius 3 is 2.92 bits per heavy atom. The van der Waals surface area contributed by atoms with Crippen molar-refractivity contribution in [2.24, 2.45) is 0 Å². The summed E-state index contributed by atoms with van der Waals surface area (Å²) in [4.78, 5) is 13.0. The lowest BCUT2D eigenvalue weighted by Crippen LogP contribution is -2.32. The van der Waals surface area contributed by atoms with E-state index in [4.69, 9.17) is 13.9 Å². The third kappa shape index (κ3) is 3.51. The first-order chi connectivity index (χ1) is 12.7. The number of fused-ring (bicyclic) bond motifs is 1. The van der Waals surface area contributed by atoms with Crippen LogP contribution in [0.5, 0.6) is 11.5 Å². The number of benzene rings is 1. The van der Waals surface area contributed by atoms with Crippen LogP contribution in [0.15, 0.2) is 52.3 Å². The molecule has 1 aliphatic rings. The highest BCUT2D eigenvalue weighted by atomic mass is 32.1. The van der Waals surface area contributed by atoms with Gasteiger partial charge in [0.25, 0.3) is 0 Å². The van der Waals surface area contributed by atoms with Crippen molar-refractivity contribution in [3.63, 3.8) is 0 Å². The van der Waals surface area contributed by atoms with Gasteiger partial charge in [0, 0.05) is 11.8 Å². The Balaban J connectivity index is 1.31. The molecule has 0 saturated heterocycles. The smallest absolute Gasteiger partial charge is 0.319 e. The summed E-state index contributed by atoms with van der Waals surface area (Å²) in [5, 5.41) is 17.5. The van der Waals surface area contributed by atoms with Crippen molar-refractivity contribution >= 4 is 23.1 Å². The van der Waals surface area contributed by atoms with Crippen LogP contribution in [0.1, 0.15) is 11.9 Å². The Labute approximate surface area is 153 Å². The summed E-state index contributed by atoms with van der Waals surface area (Å²) in [6.45, 7) is 0.196. The molecule has 134 valence electrons. The molecule has 2 aromatic heterocycles. The predicted octanol–water partition coefficient (Wildman–Crippen LogP) is 3.59. The first-order valence-electron chi connectivity index (χ1n) is 7.95. The number of aliphatic hydroxyl groups is 1. The van der Waals surface area contributed by atoms with E-state index in [2.05, 4.69) is 10.6 Å². The van der Waals surface area contributed by atoms with Gasteiger partial charge in [-0.15, -0.1) is 11.3 Å². The van der Waals surface area contributed by atoms with E-state index in [1.807, 2.05) is 17.5 Å². The Kier molecular flexibility index (Phi) is 4.51. The topological polar surface area (TPSA) is 93.0 Å². The predicted molar refractivity (Wildman–Crippen MR) is 96.6 cm³/mol. The maximum Gasteiger partial charge on any atom is 0.319 e. The second-order valence-electron chi connectivity index (χ2n) is 5.60. The molecule has 4 rings (SSSR count). The molecule has 3 heterocycles. The quantitative estimate of drug-likeness (QED) is 0.636. The second-order valence-corrected chi connectivity index (χ2v) is 6.55. The average Bonchev–Trinajstić information content (AvgIpc) is 3.39. The van der Waals surface area contributed by atoms with E-state index in [1.165, 1.54) is 0 Å². The highest BCUT2D eigenvalue weighted by molar-refractivity contribution is 7.13. The minimum Gasteiger partial charge on any atom is -0.457 e. The molecule has 1 aromatic carbocycles. The normalized spacial score (nSPS) is 13.4. The number of hydrogen-bond acceptors (Lipinski definition) is 6. The minimum atomic E-state index is -0.939. The van der Waals surface area contributed by atoms with Gasteiger partial charge in [-0.1, -0.05) is 6.07 Å². The molecule has 7 nitrogen and oxygen atoms in total. The van der Waals surface area contributed by atoms with Crippen LogP contribution in [0.2, 0.25) is 0 Å². The summed E-state index contributed by atoms with van der Waals surface area (Å²) >= 11 is 1.55. The number of amides is 2. The van der Waals surface area contributed by atoms with Gasteiger partial charge in [-0.05, 0) is 35.7 Å². The van der Waals surface area contributed by atoms with Gasteiger partial charge in [-0.3, -0.25) is 0 Å². The van der Waals surface area contributed by atoms with Crippen LogP contribution >= 0.6 is 11.3 Å². The zero-order valence-electron chi connectivity index (χ0n) is 13.6. The molecule has 3 aromatic rings. The number of rotatable bonds is 5. The van der Waals surface area contributed by atoms with Gasteiger partial charge >= 0.3 is 6.03 Å². The average molecular weight is 372 g/mol. The number of nitrogens with one attached hydrogen (secondary N) is 2. The number of carbonyl (C=O) groups is 1. The molecule has 3 N–H and O–H groups in total. The molecule has 1 atom stereocenters. The van der Waals surface area contributed by atoms with E-state index in [0.717, 1.165) is 4.88 Å². The van der Waals surface area contributed by atoms with Crippen LogP contribution in [0.4, 0.5) is 10.5 Å². The van der Waals surface area contributed by atoms with E-state index in [0.29, 0.717) is 28.7 Å². The van der Waals surface area contributed by atoms with Crippen molar-refractivity contribution in [3.8, 4) is 22.1 Å². The summed E-state index contributed by atoms with van der Waals surface area (Å²) in [5.74, 6) is 2.32. The second kappa shape index (κ2) is 7.11. The van der Waals surface area contributed by atoms with Crippen LogP contribution in [0.3, 0.4) is 0 Å². The Hall–Kier alpha value is -2.97. The molecule has 0 bridgehead atoms. The lowest BCUT2D eigenvalue weighted by Gasteiger charge is -2.11. The fraction of sp³-hybridized carbons (Fsp3) is 0.167. The summed E-state index contributed by atoms with van der Waals surface area (Å²) < 4.78 is 16.1. The Morgan fingerprint density at radius 2 is 2.08 bits per heavy atom. The summed E-state index contributed by atoms with van der Waals surface area (Å²) in [6, 6.07) is 12.1. The van der Waals surface area contributed by atoms with Crippen molar-refractivity contribution in [2.75, 3.05) is 18.7 Å². The molecule has 26 heavy (non-hydrogen) atoms. The molecule has 0 radical (unpaired) electrons. The van der Waals surface area contributed by atoms with E-state index < -0.39 is 12.1 Å². The van der Waals surface area contributed by atoms with Crippen molar-refractivity contribution in [1.82, 2.24) is 5.32 Å². The lowest BCUT2D eigenvalue weighted by atomic mass is 10.2. The highest BCUT2D eigenvalue weighted by Crippen LogP contribution is 2.34. The monoisotopic (exact) mass is 372 g/mol. The van der Waals surface area contributed by atoms with Crippen molar-refractivity contribution in [3.05, 3.63) is 53.6 Å². The van der Waals surface area contributed by atoms with E-state index in [9.17, 15) is 9.90 Å². The molecule has 0 spiro atoms. The first kappa shape index (κ1) is 16.5. The van der Waals surface area contributed by atoms with Gasteiger partial charge in [-0.2, -0.15) is 0 Å². The molecule has 1 unspecified atom stereocenters. The zero-order chi connectivity index (χ0) is 17.9. The minimum absolute atomic E-state index is 0.0216. The number of aliphatic hydroxyl groups excluding tert-OH is 1. The lowest BCUT2D eigenvalue weighted by molar-refractivity contribution is 0.150. The van der Waals surface area contributed by atoms with Gasteiger partial charge in [0.2, 0.25) is 6.79 Å². The fourth-order valence-corrected chi connectivity index (χ4v) is 3.21. The molecule has 0 aliphatic carbocycles. The first-order valence-corrected chi connectivity index (χ1v) is 8.83. The number of ether oxygens (including phenoxy) is 2. The Morgan fingerprint density at radius 1 is 1.19 bits per heavy atom. The molecule has 1 aliphatic heterocycles. The molecule has 8 heteroatoms. The molecular formula is C18H16N2O5S. The molecular weight excluding hydrogens is 356 g/mol. The number of furan rings is 1. The number of urea groups is 1. The van der Waals surface area contributed by atoms with Crippen LogP contribution in [-0.2, 0) is 0 Å². The fourth-order valence-electron chi connectivity index (χ4n) is 2.52. The molecule has 0 fully saturated rings. The van der Waals surface area contributed by atoms with Gasteiger partial charge in [0.15, 0.2) is 11.5 Å². The zero-order valence-corrected chi connectivity index (χ0v) is 14.4. The van der Waals surface area contributed by atoms with Crippen LogP contribution in [0.25, 0.3) is 10.6 Å². The van der Waals surface area contributed by atoms with E-state index in [-0.39, 0.29) is 13.3 Å². The van der Waals surface area contributed by atoms with Crippen molar-refractivity contribution in [1.29, 1.82) is 0 Å². The SMILES string of the molecule is O=C(NCC(O)c1ccc(-c2cccs2)o1)Nc1ccc2c(c1)OCO2. The van der Waals surface area contributed by atoms with E-state index >= 15 is 0 Å². The van der Waals surface area contributed by atoms with Crippen molar-refractivity contribution in [2.45, 2.75) is 6.10 Å². The molecule has 2 amide bonds. The largest absolute Gasteiger partial charge is 0.457 e. The maximum absolute atomic E-state index is 12.0. The third-order valence-electron chi connectivity index (χ3n) is 3.81. The number of hydrogen-bond donors (Lipinski definition) is 3. The van der Waals surface area contributed by atoms with Crippen LogP contribution < -0.4 is 20.1 Å². The molecule has 0 saturated carbocycles. The van der Waals surface area contributed by atoms with Gasteiger partial charge in [0.05, 0.1) is 11.4 Å².